The molecule has 2 nitrogen and oxygen atoms in total. The first kappa shape index (κ1) is 16.3. The molecule has 1 aliphatic carbocycles. The topological polar surface area (TPSA) is 29.1 Å². The number of rotatable bonds is 3. The number of alkyl halides is 4. The van der Waals surface area contributed by atoms with Crippen LogP contribution in [-0.4, -0.2) is 17.3 Å². The highest BCUT2D eigenvalue weighted by Gasteiger charge is 2.35. The number of halogens is 4. The average molecular weight is 364 g/mol. The SMILES string of the molecule is O=C(NCC1CCCCC1Br)c1ccccc1C(F)(F)F. The summed E-state index contributed by atoms with van der Waals surface area (Å²) in [6, 6.07) is 4.88. The van der Waals surface area contributed by atoms with Crippen molar-refractivity contribution in [3.05, 3.63) is 35.4 Å². The Morgan fingerprint density at radius 2 is 1.90 bits per heavy atom. The Bertz CT molecular complexity index is 504. The van der Waals surface area contributed by atoms with Crippen molar-refractivity contribution in [1.29, 1.82) is 0 Å². The van der Waals surface area contributed by atoms with Crippen molar-refractivity contribution in [3.8, 4) is 0 Å². The quantitative estimate of drug-likeness (QED) is 0.792. The minimum atomic E-state index is -4.52. The third-order valence-corrected chi connectivity index (χ3v) is 5.02. The maximum atomic E-state index is 12.9. The van der Waals surface area contributed by atoms with Crippen LogP contribution in [0.4, 0.5) is 13.2 Å². The van der Waals surface area contributed by atoms with Crippen molar-refractivity contribution in [2.24, 2.45) is 5.92 Å². The van der Waals surface area contributed by atoms with Gasteiger partial charge in [-0.05, 0) is 30.9 Å². The van der Waals surface area contributed by atoms with Crippen molar-refractivity contribution < 1.29 is 18.0 Å². The van der Waals surface area contributed by atoms with Crippen LogP contribution >= 0.6 is 15.9 Å². The molecule has 0 saturated heterocycles. The van der Waals surface area contributed by atoms with E-state index in [0.29, 0.717) is 11.4 Å². The zero-order valence-corrected chi connectivity index (χ0v) is 13.0. The molecule has 0 bridgehead atoms. The van der Waals surface area contributed by atoms with Crippen LogP contribution < -0.4 is 5.32 Å². The molecule has 21 heavy (non-hydrogen) atoms. The summed E-state index contributed by atoms with van der Waals surface area (Å²) in [6.07, 6.45) is -0.243. The maximum Gasteiger partial charge on any atom is 0.417 e. The molecule has 1 fully saturated rings. The van der Waals surface area contributed by atoms with Gasteiger partial charge < -0.3 is 5.32 Å². The monoisotopic (exact) mass is 363 g/mol. The van der Waals surface area contributed by atoms with Crippen LogP contribution in [0.1, 0.15) is 41.6 Å². The van der Waals surface area contributed by atoms with Crippen LogP contribution in [0.3, 0.4) is 0 Å². The molecule has 0 radical (unpaired) electrons. The summed E-state index contributed by atoms with van der Waals surface area (Å²) in [5.74, 6) is -0.381. The van der Waals surface area contributed by atoms with Crippen LogP contribution in [-0.2, 0) is 6.18 Å². The highest BCUT2D eigenvalue weighted by molar-refractivity contribution is 9.09. The molecule has 1 aromatic rings. The number of benzene rings is 1. The number of hydrogen-bond acceptors (Lipinski definition) is 1. The van der Waals surface area contributed by atoms with Gasteiger partial charge in [-0.25, -0.2) is 0 Å². The normalized spacial score (nSPS) is 22.9. The molecule has 1 amide bonds. The average Bonchev–Trinajstić information content (AvgIpc) is 2.45. The Kier molecular flexibility index (Phi) is 5.30. The third kappa shape index (κ3) is 4.22. The van der Waals surface area contributed by atoms with Gasteiger partial charge in [-0.3, -0.25) is 4.79 Å². The van der Waals surface area contributed by atoms with Crippen LogP contribution in [0.15, 0.2) is 24.3 Å². The molecule has 2 atom stereocenters. The van der Waals surface area contributed by atoms with Gasteiger partial charge in [0.15, 0.2) is 0 Å². The number of carbonyl (C=O) groups is 1. The summed E-state index contributed by atoms with van der Waals surface area (Å²) < 4.78 is 38.6. The molecular weight excluding hydrogens is 347 g/mol. The van der Waals surface area contributed by atoms with Crippen LogP contribution in [0.2, 0.25) is 0 Å². The van der Waals surface area contributed by atoms with E-state index in [-0.39, 0.29) is 11.5 Å². The smallest absolute Gasteiger partial charge is 0.352 e. The number of carbonyl (C=O) groups excluding carboxylic acids is 1. The number of amides is 1. The van der Waals surface area contributed by atoms with Gasteiger partial charge in [0, 0.05) is 11.4 Å². The van der Waals surface area contributed by atoms with E-state index in [1.54, 1.807) is 0 Å². The maximum absolute atomic E-state index is 12.9. The van der Waals surface area contributed by atoms with Gasteiger partial charge in [-0.1, -0.05) is 40.9 Å². The molecular formula is C15H17BrF3NO. The summed E-state index contributed by atoms with van der Waals surface area (Å²) in [5.41, 5.74) is -1.20. The molecule has 116 valence electrons. The molecule has 6 heteroatoms. The fourth-order valence-corrected chi connectivity index (χ4v) is 3.41. The largest absolute Gasteiger partial charge is 0.417 e. The Morgan fingerprint density at radius 1 is 1.24 bits per heavy atom. The highest BCUT2D eigenvalue weighted by atomic mass is 79.9. The predicted octanol–water partition coefficient (Wildman–Crippen LogP) is 4.39. The summed E-state index contributed by atoms with van der Waals surface area (Å²) in [5, 5.41) is 2.64. The fraction of sp³-hybridized carbons (Fsp3) is 0.533. The van der Waals surface area contributed by atoms with E-state index in [2.05, 4.69) is 21.2 Å². The molecule has 0 aliphatic heterocycles. The van der Waals surface area contributed by atoms with Gasteiger partial charge in [0.2, 0.25) is 0 Å². The molecule has 1 saturated carbocycles. The van der Waals surface area contributed by atoms with E-state index in [0.717, 1.165) is 31.7 Å². The van der Waals surface area contributed by atoms with Crippen molar-refractivity contribution in [2.45, 2.75) is 36.7 Å². The molecule has 2 unspecified atom stereocenters. The number of hydrogen-bond donors (Lipinski definition) is 1. The van der Waals surface area contributed by atoms with Crippen LogP contribution in [0.25, 0.3) is 0 Å². The van der Waals surface area contributed by atoms with Gasteiger partial charge in [-0.2, -0.15) is 13.2 Å². The Labute approximate surface area is 130 Å². The Balaban J connectivity index is 2.04. The second-order valence-corrected chi connectivity index (χ2v) is 6.49. The van der Waals surface area contributed by atoms with Crippen molar-refractivity contribution in [1.82, 2.24) is 5.32 Å². The lowest BCUT2D eigenvalue weighted by atomic mass is 9.89. The van der Waals surface area contributed by atoms with Gasteiger partial charge in [0.1, 0.15) is 0 Å². The Morgan fingerprint density at radius 3 is 2.57 bits per heavy atom. The van der Waals surface area contributed by atoms with Crippen molar-refractivity contribution in [2.75, 3.05) is 6.54 Å². The second-order valence-electron chi connectivity index (χ2n) is 5.31. The number of nitrogens with one attached hydrogen (secondary N) is 1. The lowest BCUT2D eigenvalue weighted by Crippen LogP contribution is -2.35. The van der Waals surface area contributed by atoms with E-state index in [1.165, 1.54) is 18.2 Å². The molecule has 1 N–H and O–H groups in total. The van der Waals surface area contributed by atoms with E-state index in [1.807, 2.05) is 0 Å². The first-order valence-corrected chi connectivity index (χ1v) is 7.89. The fourth-order valence-electron chi connectivity index (χ4n) is 2.64. The molecule has 1 aliphatic rings. The van der Waals surface area contributed by atoms with Crippen molar-refractivity contribution in [3.63, 3.8) is 0 Å². The zero-order chi connectivity index (χ0) is 15.5. The van der Waals surface area contributed by atoms with Gasteiger partial charge >= 0.3 is 6.18 Å². The first-order chi connectivity index (χ1) is 9.89. The first-order valence-electron chi connectivity index (χ1n) is 6.98. The van der Waals surface area contributed by atoms with E-state index < -0.39 is 17.6 Å². The van der Waals surface area contributed by atoms with Gasteiger partial charge in [0.05, 0.1) is 11.1 Å². The van der Waals surface area contributed by atoms with Crippen LogP contribution in [0.5, 0.6) is 0 Å². The van der Waals surface area contributed by atoms with Crippen LogP contribution in [0, 0.1) is 5.92 Å². The molecule has 0 aromatic heterocycles. The highest BCUT2D eigenvalue weighted by Crippen LogP contribution is 2.32. The standard InChI is InChI=1S/C15H17BrF3NO/c16-13-8-4-1-5-10(13)9-20-14(21)11-6-2-3-7-12(11)15(17,18)19/h2-3,6-7,10,13H,1,4-5,8-9H2,(H,20,21). The lowest BCUT2D eigenvalue weighted by Gasteiger charge is -2.27. The lowest BCUT2D eigenvalue weighted by molar-refractivity contribution is -0.137. The van der Waals surface area contributed by atoms with Gasteiger partial charge in [0.25, 0.3) is 5.91 Å². The van der Waals surface area contributed by atoms with E-state index >= 15 is 0 Å². The van der Waals surface area contributed by atoms with Gasteiger partial charge in [-0.15, -0.1) is 0 Å². The van der Waals surface area contributed by atoms with Crippen molar-refractivity contribution >= 4 is 21.8 Å². The minimum absolute atomic E-state index is 0.278. The van der Waals surface area contributed by atoms with E-state index in [4.69, 9.17) is 0 Å². The third-order valence-electron chi connectivity index (χ3n) is 3.82. The molecule has 2 rings (SSSR count). The summed E-state index contributed by atoms with van der Waals surface area (Å²) in [7, 11) is 0. The molecule has 0 heterocycles. The summed E-state index contributed by atoms with van der Waals surface area (Å²) in [4.78, 5) is 12.4. The van der Waals surface area contributed by atoms with E-state index in [9.17, 15) is 18.0 Å². The summed E-state index contributed by atoms with van der Waals surface area (Å²) in [6.45, 7) is 0.404. The second kappa shape index (κ2) is 6.81. The Hall–Kier alpha value is -1.04. The molecule has 0 spiro atoms. The predicted molar refractivity (Wildman–Crippen MR) is 78.5 cm³/mol. The summed E-state index contributed by atoms with van der Waals surface area (Å²) >= 11 is 3.58. The minimum Gasteiger partial charge on any atom is -0.352 e. The molecule has 1 aromatic carbocycles. The zero-order valence-electron chi connectivity index (χ0n) is 11.4.